The van der Waals surface area contributed by atoms with Crippen molar-refractivity contribution in [2.24, 2.45) is 0 Å². The van der Waals surface area contributed by atoms with Gasteiger partial charge < -0.3 is 14.8 Å². The lowest BCUT2D eigenvalue weighted by molar-refractivity contribution is -0.122. The average Bonchev–Trinajstić information content (AvgIpc) is 2.77. The Hall–Kier alpha value is -2.48. The summed E-state index contributed by atoms with van der Waals surface area (Å²) in [5.41, 5.74) is -0.0401. The lowest BCUT2D eigenvalue weighted by Gasteiger charge is -2.23. The molecule has 0 aromatic heterocycles. The Kier molecular flexibility index (Phi) is 9.83. The Morgan fingerprint density at radius 2 is 1.82 bits per heavy atom. The molecule has 1 amide bonds. The van der Waals surface area contributed by atoms with Crippen molar-refractivity contribution >= 4 is 52.2 Å². The Labute approximate surface area is 203 Å². The molecular formula is C24H27Cl2NO6. The number of halogens is 2. The van der Waals surface area contributed by atoms with E-state index in [9.17, 15) is 19.2 Å². The summed E-state index contributed by atoms with van der Waals surface area (Å²) in [6, 6.07) is 2.73. The molecular weight excluding hydrogens is 469 g/mol. The number of nitrogens with one attached hydrogen (secondary N) is 1. The molecule has 0 spiro atoms. The molecule has 1 N–H and O–H groups in total. The van der Waals surface area contributed by atoms with Gasteiger partial charge in [-0.2, -0.15) is 0 Å². The number of rotatable bonds is 11. The summed E-state index contributed by atoms with van der Waals surface area (Å²) in [6.07, 6.45) is 4.78. The molecule has 0 heterocycles. The van der Waals surface area contributed by atoms with E-state index < -0.39 is 11.8 Å². The molecule has 0 unspecified atom stereocenters. The smallest absolute Gasteiger partial charge is 0.339 e. The predicted molar refractivity (Wildman–Crippen MR) is 126 cm³/mol. The van der Waals surface area contributed by atoms with Crippen LogP contribution in [0.2, 0.25) is 10.0 Å². The Morgan fingerprint density at radius 3 is 2.52 bits per heavy atom. The van der Waals surface area contributed by atoms with Crippen LogP contribution in [0, 0.1) is 0 Å². The molecule has 0 fully saturated rings. The number of amides is 1. The van der Waals surface area contributed by atoms with E-state index in [-0.39, 0.29) is 57.1 Å². The maximum absolute atomic E-state index is 12.5. The highest BCUT2D eigenvalue weighted by atomic mass is 35.5. The Bertz CT molecular complexity index is 997. The highest BCUT2D eigenvalue weighted by molar-refractivity contribution is 6.42. The van der Waals surface area contributed by atoms with Crippen LogP contribution in [0.15, 0.2) is 30.4 Å². The van der Waals surface area contributed by atoms with Crippen LogP contribution >= 0.6 is 23.2 Å². The second kappa shape index (κ2) is 12.1. The third-order valence-corrected chi connectivity index (χ3v) is 5.67. The predicted octanol–water partition coefficient (Wildman–Crippen LogP) is 4.34. The van der Waals surface area contributed by atoms with Gasteiger partial charge in [0, 0.05) is 29.1 Å². The van der Waals surface area contributed by atoms with Crippen LogP contribution in [0.3, 0.4) is 0 Å². The minimum Gasteiger partial charge on any atom is -0.462 e. The van der Waals surface area contributed by atoms with Crippen LogP contribution in [0.4, 0.5) is 0 Å². The molecule has 0 radical (unpaired) electrons. The van der Waals surface area contributed by atoms with E-state index in [4.69, 9.17) is 32.7 Å². The third kappa shape index (κ3) is 8.11. The number of carbonyl (C=O) groups excluding carboxylic acids is 4. The quantitative estimate of drug-likeness (QED) is 0.278. The molecule has 1 aliphatic carbocycles. The van der Waals surface area contributed by atoms with E-state index in [1.807, 2.05) is 20.8 Å². The van der Waals surface area contributed by atoms with E-state index >= 15 is 0 Å². The maximum atomic E-state index is 12.5. The number of hydrogen-bond donors (Lipinski definition) is 1. The first-order valence-electron chi connectivity index (χ1n) is 10.6. The first-order chi connectivity index (χ1) is 15.5. The van der Waals surface area contributed by atoms with Crippen LogP contribution in [0.25, 0.3) is 5.57 Å². The highest BCUT2D eigenvalue weighted by Crippen LogP contribution is 2.33. The van der Waals surface area contributed by atoms with Crippen molar-refractivity contribution in [2.45, 2.75) is 45.6 Å². The van der Waals surface area contributed by atoms with Gasteiger partial charge in [-0.3, -0.25) is 14.4 Å². The monoisotopic (exact) mass is 495 g/mol. The van der Waals surface area contributed by atoms with E-state index in [2.05, 4.69) is 5.32 Å². The fourth-order valence-corrected chi connectivity index (χ4v) is 3.34. The van der Waals surface area contributed by atoms with Crippen molar-refractivity contribution in [3.63, 3.8) is 0 Å². The summed E-state index contributed by atoms with van der Waals surface area (Å²) in [7, 11) is 0. The van der Waals surface area contributed by atoms with Crippen LogP contribution in [0.5, 0.6) is 0 Å². The molecule has 0 bridgehead atoms. The van der Waals surface area contributed by atoms with Crippen molar-refractivity contribution in [1.29, 1.82) is 0 Å². The number of allylic oxidation sites excluding steroid dienone is 4. The van der Waals surface area contributed by atoms with Gasteiger partial charge in [-0.05, 0) is 57.0 Å². The van der Waals surface area contributed by atoms with E-state index in [1.165, 1.54) is 12.1 Å². The van der Waals surface area contributed by atoms with E-state index in [0.29, 0.717) is 19.6 Å². The lowest BCUT2D eigenvalue weighted by atomic mass is 9.95. The van der Waals surface area contributed by atoms with Gasteiger partial charge >= 0.3 is 5.97 Å². The summed E-state index contributed by atoms with van der Waals surface area (Å²) in [4.78, 5) is 48.2. The Morgan fingerprint density at radius 1 is 1.09 bits per heavy atom. The second-order valence-electron chi connectivity index (χ2n) is 8.02. The van der Waals surface area contributed by atoms with Crippen LogP contribution in [-0.2, 0) is 23.9 Å². The minimum atomic E-state index is -0.745. The first-order valence-corrected chi connectivity index (χ1v) is 11.3. The zero-order valence-electron chi connectivity index (χ0n) is 18.8. The molecule has 0 saturated heterocycles. The van der Waals surface area contributed by atoms with Crippen molar-refractivity contribution in [3.05, 3.63) is 51.5 Å². The number of ketones is 2. The fraction of sp³-hybridized carbons (Fsp3) is 0.417. The average molecular weight is 496 g/mol. The Balaban J connectivity index is 1.87. The molecule has 0 atom stereocenters. The summed E-state index contributed by atoms with van der Waals surface area (Å²) in [5, 5.41) is 2.87. The number of ether oxygens (including phenoxy) is 2. The van der Waals surface area contributed by atoms with Crippen LogP contribution < -0.4 is 5.32 Å². The van der Waals surface area contributed by atoms with E-state index in [0.717, 1.165) is 24.6 Å². The molecule has 33 heavy (non-hydrogen) atoms. The summed E-state index contributed by atoms with van der Waals surface area (Å²) in [5.74, 6) is -1.71. The molecule has 7 nitrogen and oxygen atoms in total. The summed E-state index contributed by atoms with van der Waals surface area (Å²) in [6.45, 7) is 6.80. The topological polar surface area (TPSA) is 98.8 Å². The van der Waals surface area contributed by atoms with Crippen molar-refractivity contribution in [1.82, 2.24) is 5.32 Å². The number of benzene rings is 1. The van der Waals surface area contributed by atoms with Crippen LogP contribution in [-0.4, -0.2) is 48.8 Å². The summed E-state index contributed by atoms with van der Waals surface area (Å²) < 4.78 is 10.9. The second-order valence-corrected chi connectivity index (χ2v) is 8.84. The molecule has 178 valence electrons. The number of carbonyl (C=O) groups is 4. The van der Waals surface area contributed by atoms with Gasteiger partial charge in [0.25, 0.3) is 0 Å². The number of esters is 1. The summed E-state index contributed by atoms with van der Waals surface area (Å²) >= 11 is 12.4. The van der Waals surface area contributed by atoms with Crippen molar-refractivity contribution < 1.29 is 28.7 Å². The molecule has 1 aromatic carbocycles. The van der Waals surface area contributed by atoms with Crippen molar-refractivity contribution in [3.8, 4) is 0 Å². The standard InChI is InChI=1S/C24H27Cl2NO6/c1-4-24(2,3)33-11-9-27-21(30)6-5-10-32-23(31)19-13-15(25)12-18(22(19)26)17-14-16(28)7-8-20(17)29/h7-8,12-14H,4-6,9-11H2,1-3H3,(H,27,30). The van der Waals surface area contributed by atoms with Crippen LogP contribution in [0.1, 0.15) is 56.0 Å². The molecule has 2 rings (SSSR count). The first kappa shape index (κ1) is 26.8. The molecule has 1 aliphatic rings. The third-order valence-electron chi connectivity index (χ3n) is 5.05. The highest BCUT2D eigenvalue weighted by Gasteiger charge is 2.23. The number of hydrogen-bond acceptors (Lipinski definition) is 6. The molecule has 0 aliphatic heterocycles. The largest absolute Gasteiger partial charge is 0.462 e. The zero-order valence-corrected chi connectivity index (χ0v) is 20.3. The van der Waals surface area contributed by atoms with Gasteiger partial charge in [0.05, 0.1) is 29.4 Å². The fourth-order valence-electron chi connectivity index (χ4n) is 2.84. The minimum absolute atomic E-state index is 0.00730. The van der Waals surface area contributed by atoms with E-state index in [1.54, 1.807) is 0 Å². The lowest BCUT2D eigenvalue weighted by Crippen LogP contribution is -2.31. The van der Waals surface area contributed by atoms with Gasteiger partial charge in [-0.15, -0.1) is 0 Å². The van der Waals surface area contributed by atoms with Gasteiger partial charge in [-0.1, -0.05) is 30.1 Å². The molecule has 9 heteroatoms. The van der Waals surface area contributed by atoms with Gasteiger partial charge in [0.15, 0.2) is 11.6 Å². The van der Waals surface area contributed by atoms with Gasteiger partial charge in [0.2, 0.25) is 5.91 Å². The molecule has 0 saturated carbocycles. The molecule has 1 aromatic rings. The normalized spacial score (nSPS) is 13.7. The zero-order chi connectivity index (χ0) is 24.6. The van der Waals surface area contributed by atoms with Gasteiger partial charge in [-0.25, -0.2) is 4.79 Å². The SMILES string of the molecule is CCC(C)(C)OCCNC(=O)CCCOC(=O)c1cc(Cl)cc(C2=CC(=O)C=CC2=O)c1Cl. The maximum Gasteiger partial charge on any atom is 0.339 e. The van der Waals surface area contributed by atoms with Crippen molar-refractivity contribution in [2.75, 3.05) is 19.8 Å². The van der Waals surface area contributed by atoms with Gasteiger partial charge in [0.1, 0.15) is 0 Å².